The van der Waals surface area contributed by atoms with Crippen LogP contribution in [0.25, 0.3) is 11.5 Å². The molecule has 3 rings (SSSR count). The SMILES string of the molecule is Cc1ccc(-c2nc(CN3CCC(CN)C3)no2)cc1. The second-order valence-corrected chi connectivity index (χ2v) is 5.51. The highest BCUT2D eigenvalue weighted by molar-refractivity contribution is 5.53. The van der Waals surface area contributed by atoms with Gasteiger partial charge in [0.2, 0.25) is 0 Å². The first-order valence-corrected chi connectivity index (χ1v) is 7.06. The highest BCUT2D eigenvalue weighted by Crippen LogP contribution is 2.20. The van der Waals surface area contributed by atoms with Gasteiger partial charge in [-0.3, -0.25) is 4.90 Å². The van der Waals surface area contributed by atoms with Crippen LogP contribution in [0.4, 0.5) is 0 Å². The van der Waals surface area contributed by atoms with Crippen molar-refractivity contribution in [2.24, 2.45) is 11.7 Å². The Morgan fingerprint density at radius 2 is 2.15 bits per heavy atom. The zero-order valence-corrected chi connectivity index (χ0v) is 11.7. The van der Waals surface area contributed by atoms with Crippen molar-refractivity contribution in [2.45, 2.75) is 19.9 Å². The molecule has 0 bridgehead atoms. The summed E-state index contributed by atoms with van der Waals surface area (Å²) in [4.78, 5) is 6.81. The number of rotatable bonds is 4. The molecule has 5 nitrogen and oxygen atoms in total. The fourth-order valence-electron chi connectivity index (χ4n) is 2.58. The van der Waals surface area contributed by atoms with Crippen LogP contribution in [0, 0.1) is 12.8 Å². The van der Waals surface area contributed by atoms with E-state index in [1.54, 1.807) is 0 Å². The van der Waals surface area contributed by atoms with E-state index in [0.29, 0.717) is 11.8 Å². The van der Waals surface area contributed by atoms with Crippen LogP contribution in [0.3, 0.4) is 0 Å². The lowest BCUT2D eigenvalue weighted by molar-refractivity contribution is 0.301. The normalized spacial score (nSPS) is 19.6. The average Bonchev–Trinajstić information content (AvgIpc) is 3.09. The van der Waals surface area contributed by atoms with Crippen LogP contribution in [0.1, 0.15) is 17.8 Å². The predicted molar refractivity (Wildman–Crippen MR) is 76.9 cm³/mol. The molecular formula is C15H20N4O. The van der Waals surface area contributed by atoms with Gasteiger partial charge in [0.15, 0.2) is 5.82 Å². The van der Waals surface area contributed by atoms with E-state index in [1.807, 2.05) is 24.3 Å². The molecule has 5 heteroatoms. The van der Waals surface area contributed by atoms with Gasteiger partial charge in [-0.05, 0) is 44.5 Å². The summed E-state index contributed by atoms with van der Waals surface area (Å²) < 4.78 is 5.34. The number of aryl methyl sites for hydroxylation is 1. The minimum Gasteiger partial charge on any atom is -0.334 e. The lowest BCUT2D eigenvalue weighted by Gasteiger charge is -2.12. The Morgan fingerprint density at radius 1 is 1.35 bits per heavy atom. The first-order valence-electron chi connectivity index (χ1n) is 7.06. The summed E-state index contributed by atoms with van der Waals surface area (Å²) in [7, 11) is 0. The van der Waals surface area contributed by atoms with Crippen molar-refractivity contribution in [1.82, 2.24) is 15.0 Å². The molecule has 2 aromatic rings. The molecule has 1 unspecified atom stereocenters. The molecule has 0 spiro atoms. The molecule has 0 radical (unpaired) electrons. The molecule has 1 aromatic heterocycles. The van der Waals surface area contributed by atoms with Crippen molar-refractivity contribution in [1.29, 1.82) is 0 Å². The van der Waals surface area contributed by atoms with Crippen LogP contribution in [0.2, 0.25) is 0 Å². The molecule has 106 valence electrons. The maximum Gasteiger partial charge on any atom is 0.257 e. The van der Waals surface area contributed by atoms with Crippen LogP contribution >= 0.6 is 0 Å². The monoisotopic (exact) mass is 272 g/mol. The lowest BCUT2D eigenvalue weighted by atomic mass is 10.1. The zero-order valence-electron chi connectivity index (χ0n) is 11.7. The van der Waals surface area contributed by atoms with Crippen LogP contribution in [-0.2, 0) is 6.54 Å². The van der Waals surface area contributed by atoms with Gasteiger partial charge in [0, 0.05) is 12.1 Å². The largest absolute Gasteiger partial charge is 0.334 e. The Hall–Kier alpha value is -1.72. The molecule has 2 N–H and O–H groups in total. The Kier molecular flexibility index (Phi) is 3.80. The smallest absolute Gasteiger partial charge is 0.257 e. The molecule has 1 aliphatic rings. The third kappa shape index (κ3) is 2.89. The Morgan fingerprint density at radius 3 is 2.85 bits per heavy atom. The fraction of sp³-hybridized carbons (Fsp3) is 0.467. The van der Waals surface area contributed by atoms with Gasteiger partial charge in [-0.15, -0.1) is 0 Å². The molecule has 1 aliphatic heterocycles. The Bertz CT molecular complexity index is 564. The number of nitrogens with two attached hydrogens (primary N) is 1. The Labute approximate surface area is 118 Å². The maximum absolute atomic E-state index is 5.71. The van der Waals surface area contributed by atoms with Crippen LogP contribution < -0.4 is 5.73 Å². The average molecular weight is 272 g/mol. The van der Waals surface area contributed by atoms with Gasteiger partial charge in [0.1, 0.15) is 0 Å². The topological polar surface area (TPSA) is 68.2 Å². The van der Waals surface area contributed by atoms with E-state index < -0.39 is 0 Å². The number of aromatic nitrogens is 2. The van der Waals surface area contributed by atoms with Crippen molar-refractivity contribution in [2.75, 3.05) is 19.6 Å². The molecular weight excluding hydrogens is 252 g/mol. The second-order valence-electron chi connectivity index (χ2n) is 5.51. The van der Waals surface area contributed by atoms with E-state index in [1.165, 1.54) is 12.0 Å². The Balaban J connectivity index is 1.66. The van der Waals surface area contributed by atoms with Crippen LogP contribution in [-0.4, -0.2) is 34.7 Å². The molecule has 20 heavy (non-hydrogen) atoms. The molecule has 1 saturated heterocycles. The van der Waals surface area contributed by atoms with Gasteiger partial charge in [-0.1, -0.05) is 22.9 Å². The summed E-state index contributed by atoms with van der Waals surface area (Å²) in [5, 5.41) is 4.07. The summed E-state index contributed by atoms with van der Waals surface area (Å²) in [6.45, 7) is 5.66. The van der Waals surface area contributed by atoms with Gasteiger partial charge >= 0.3 is 0 Å². The summed E-state index contributed by atoms with van der Waals surface area (Å²) in [6, 6.07) is 8.11. The fourth-order valence-corrected chi connectivity index (χ4v) is 2.58. The molecule has 0 amide bonds. The van der Waals surface area contributed by atoms with E-state index >= 15 is 0 Å². The van der Waals surface area contributed by atoms with Gasteiger partial charge < -0.3 is 10.3 Å². The highest BCUT2D eigenvalue weighted by Gasteiger charge is 2.22. The number of likely N-dealkylation sites (tertiary alicyclic amines) is 1. The predicted octanol–water partition coefficient (Wildman–Crippen LogP) is 1.83. The van der Waals surface area contributed by atoms with Gasteiger partial charge in [-0.2, -0.15) is 4.98 Å². The summed E-state index contributed by atoms with van der Waals surface area (Å²) in [5.41, 5.74) is 7.89. The second kappa shape index (κ2) is 5.73. The third-order valence-electron chi connectivity index (χ3n) is 3.83. The zero-order chi connectivity index (χ0) is 13.9. The standard InChI is InChI=1S/C15H20N4O/c1-11-2-4-13(5-3-11)15-17-14(18-20-15)10-19-7-6-12(8-16)9-19/h2-5,12H,6-10,16H2,1H3. The van der Waals surface area contributed by atoms with Crippen molar-refractivity contribution >= 4 is 0 Å². The number of nitrogens with zero attached hydrogens (tertiary/aromatic N) is 3. The van der Waals surface area contributed by atoms with Crippen LogP contribution in [0.15, 0.2) is 28.8 Å². The molecule has 1 fully saturated rings. The first-order chi connectivity index (χ1) is 9.74. The van der Waals surface area contributed by atoms with Crippen molar-refractivity contribution in [3.8, 4) is 11.5 Å². The number of hydrogen-bond donors (Lipinski definition) is 1. The molecule has 1 aromatic carbocycles. The molecule has 2 heterocycles. The summed E-state index contributed by atoms with van der Waals surface area (Å²) >= 11 is 0. The highest BCUT2D eigenvalue weighted by atomic mass is 16.5. The summed E-state index contributed by atoms with van der Waals surface area (Å²) in [6.07, 6.45) is 1.17. The molecule has 1 atom stereocenters. The number of benzene rings is 1. The van der Waals surface area contributed by atoms with Crippen molar-refractivity contribution in [3.05, 3.63) is 35.7 Å². The van der Waals surface area contributed by atoms with E-state index in [9.17, 15) is 0 Å². The van der Waals surface area contributed by atoms with Gasteiger partial charge in [-0.25, -0.2) is 0 Å². The van der Waals surface area contributed by atoms with Crippen molar-refractivity contribution in [3.63, 3.8) is 0 Å². The maximum atomic E-state index is 5.71. The summed E-state index contributed by atoms with van der Waals surface area (Å²) in [5.74, 6) is 1.95. The lowest BCUT2D eigenvalue weighted by Crippen LogP contribution is -2.23. The van der Waals surface area contributed by atoms with E-state index in [4.69, 9.17) is 10.3 Å². The van der Waals surface area contributed by atoms with Gasteiger partial charge in [0.05, 0.1) is 6.54 Å². The quantitative estimate of drug-likeness (QED) is 0.919. The minimum atomic E-state index is 0.592. The first kappa shape index (κ1) is 13.3. The van der Waals surface area contributed by atoms with Crippen molar-refractivity contribution < 1.29 is 4.52 Å². The van der Waals surface area contributed by atoms with Gasteiger partial charge in [0.25, 0.3) is 5.89 Å². The third-order valence-corrected chi connectivity index (χ3v) is 3.83. The number of hydrogen-bond acceptors (Lipinski definition) is 5. The van der Waals surface area contributed by atoms with E-state index in [0.717, 1.165) is 37.6 Å². The van der Waals surface area contributed by atoms with E-state index in [-0.39, 0.29) is 0 Å². The van der Waals surface area contributed by atoms with Crippen LogP contribution in [0.5, 0.6) is 0 Å². The molecule has 0 aliphatic carbocycles. The molecule has 0 saturated carbocycles. The van der Waals surface area contributed by atoms with E-state index in [2.05, 4.69) is 22.0 Å². The minimum absolute atomic E-state index is 0.592.